The molecule has 0 aliphatic rings. The third-order valence-electron chi connectivity index (χ3n) is 1.56. The van der Waals surface area contributed by atoms with E-state index in [2.05, 4.69) is 25.1 Å². The van der Waals surface area contributed by atoms with Crippen LogP contribution in [0.15, 0.2) is 22.8 Å². The molecule has 0 radical (unpaired) electrons. The molecule has 0 fully saturated rings. The molecule has 14 heavy (non-hydrogen) atoms. The Kier molecular flexibility index (Phi) is 2.64. The van der Waals surface area contributed by atoms with Crippen LogP contribution in [0.2, 0.25) is 5.15 Å². The molecule has 7 heteroatoms. The SMILES string of the molecule is Cc1c(Cl)ncnc1Sc1ncn[nH]1. The molecular formula is C7H6ClN5S. The summed E-state index contributed by atoms with van der Waals surface area (Å²) in [5.74, 6) is 0. The van der Waals surface area contributed by atoms with Gasteiger partial charge >= 0.3 is 0 Å². The van der Waals surface area contributed by atoms with Gasteiger partial charge in [-0.25, -0.2) is 15.0 Å². The van der Waals surface area contributed by atoms with Crippen molar-refractivity contribution in [2.45, 2.75) is 17.1 Å². The number of aromatic nitrogens is 5. The zero-order valence-electron chi connectivity index (χ0n) is 7.23. The van der Waals surface area contributed by atoms with Gasteiger partial charge in [-0.1, -0.05) is 11.6 Å². The third kappa shape index (κ3) is 1.85. The van der Waals surface area contributed by atoms with Crippen molar-refractivity contribution in [2.75, 3.05) is 0 Å². The van der Waals surface area contributed by atoms with Gasteiger partial charge in [-0.3, -0.25) is 5.10 Å². The molecule has 72 valence electrons. The summed E-state index contributed by atoms with van der Waals surface area (Å²) in [7, 11) is 0. The van der Waals surface area contributed by atoms with E-state index in [-0.39, 0.29) is 0 Å². The van der Waals surface area contributed by atoms with Crippen LogP contribution < -0.4 is 0 Å². The van der Waals surface area contributed by atoms with E-state index in [0.717, 1.165) is 10.6 Å². The summed E-state index contributed by atoms with van der Waals surface area (Å²) in [6.07, 6.45) is 2.87. The highest BCUT2D eigenvalue weighted by Gasteiger charge is 2.07. The van der Waals surface area contributed by atoms with Gasteiger partial charge in [0.15, 0.2) is 5.16 Å². The van der Waals surface area contributed by atoms with Gasteiger partial charge in [0, 0.05) is 5.56 Å². The molecule has 0 atom stereocenters. The van der Waals surface area contributed by atoms with Crippen molar-refractivity contribution in [1.29, 1.82) is 0 Å². The molecule has 1 N–H and O–H groups in total. The van der Waals surface area contributed by atoms with E-state index in [1.807, 2.05) is 6.92 Å². The first kappa shape index (κ1) is 9.42. The Bertz CT molecular complexity index is 430. The Morgan fingerprint density at radius 3 is 2.86 bits per heavy atom. The van der Waals surface area contributed by atoms with E-state index in [9.17, 15) is 0 Å². The molecule has 0 saturated heterocycles. The van der Waals surface area contributed by atoms with E-state index >= 15 is 0 Å². The van der Waals surface area contributed by atoms with E-state index in [1.165, 1.54) is 24.4 Å². The summed E-state index contributed by atoms with van der Waals surface area (Å²) >= 11 is 7.21. The minimum Gasteiger partial charge on any atom is -0.254 e. The highest BCUT2D eigenvalue weighted by Crippen LogP contribution is 2.27. The minimum absolute atomic E-state index is 0.460. The van der Waals surface area contributed by atoms with E-state index < -0.39 is 0 Å². The topological polar surface area (TPSA) is 67.3 Å². The predicted molar refractivity (Wildman–Crippen MR) is 52.3 cm³/mol. The fourth-order valence-electron chi connectivity index (χ4n) is 0.852. The van der Waals surface area contributed by atoms with Crippen molar-refractivity contribution < 1.29 is 0 Å². The molecule has 0 aliphatic heterocycles. The Labute approximate surface area is 89.3 Å². The molecule has 0 aromatic carbocycles. The Morgan fingerprint density at radius 1 is 1.29 bits per heavy atom. The van der Waals surface area contributed by atoms with Gasteiger partial charge in [-0.05, 0) is 18.7 Å². The maximum Gasteiger partial charge on any atom is 0.189 e. The monoisotopic (exact) mass is 227 g/mol. The lowest BCUT2D eigenvalue weighted by molar-refractivity contribution is 0.953. The van der Waals surface area contributed by atoms with Crippen LogP contribution in [0.4, 0.5) is 0 Å². The maximum atomic E-state index is 5.84. The van der Waals surface area contributed by atoms with Gasteiger partial charge in [0.2, 0.25) is 0 Å². The maximum absolute atomic E-state index is 5.84. The molecular weight excluding hydrogens is 222 g/mol. The first-order chi connectivity index (χ1) is 6.77. The summed E-state index contributed by atoms with van der Waals surface area (Å²) in [4.78, 5) is 11.9. The molecule has 0 unspecified atom stereocenters. The van der Waals surface area contributed by atoms with Crippen molar-refractivity contribution in [3.05, 3.63) is 23.4 Å². The average molecular weight is 228 g/mol. The van der Waals surface area contributed by atoms with Crippen LogP contribution in [0, 0.1) is 6.92 Å². The molecule has 0 bridgehead atoms. The van der Waals surface area contributed by atoms with E-state index in [1.54, 1.807) is 0 Å². The first-order valence-corrected chi connectivity index (χ1v) is 4.97. The normalized spacial score (nSPS) is 10.4. The fraction of sp³-hybridized carbons (Fsp3) is 0.143. The van der Waals surface area contributed by atoms with Crippen molar-refractivity contribution in [1.82, 2.24) is 25.1 Å². The number of nitrogens with one attached hydrogen (secondary N) is 1. The molecule has 0 spiro atoms. The van der Waals surface area contributed by atoms with Crippen molar-refractivity contribution in [3.8, 4) is 0 Å². The largest absolute Gasteiger partial charge is 0.254 e. The van der Waals surface area contributed by atoms with Crippen LogP contribution in [-0.4, -0.2) is 25.1 Å². The smallest absolute Gasteiger partial charge is 0.189 e. The lowest BCUT2D eigenvalue weighted by atomic mass is 10.4. The number of halogens is 1. The van der Waals surface area contributed by atoms with Gasteiger partial charge in [0.05, 0.1) is 0 Å². The molecule has 5 nitrogen and oxygen atoms in total. The molecule has 2 aromatic rings. The van der Waals surface area contributed by atoms with Crippen molar-refractivity contribution >= 4 is 23.4 Å². The molecule has 2 rings (SSSR count). The fourth-order valence-corrected chi connectivity index (χ4v) is 1.77. The molecule has 0 saturated carbocycles. The summed E-state index contributed by atoms with van der Waals surface area (Å²) in [5, 5.41) is 8.39. The van der Waals surface area contributed by atoms with Crippen LogP contribution in [0.25, 0.3) is 0 Å². The van der Waals surface area contributed by atoms with Crippen LogP contribution in [-0.2, 0) is 0 Å². The van der Waals surface area contributed by atoms with E-state index in [4.69, 9.17) is 11.6 Å². The lowest BCUT2D eigenvalue weighted by Crippen LogP contribution is -1.90. The second-order valence-electron chi connectivity index (χ2n) is 2.49. The van der Waals surface area contributed by atoms with Crippen LogP contribution in [0.1, 0.15) is 5.56 Å². The highest BCUT2D eigenvalue weighted by atomic mass is 35.5. The Balaban J connectivity index is 2.29. The number of H-pyrrole nitrogens is 1. The van der Waals surface area contributed by atoms with E-state index in [0.29, 0.717) is 10.3 Å². The van der Waals surface area contributed by atoms with Crippen molar-refractivity contribution in [3.63, 3.8) is 0 Å². The van der Waals surface area contributed by atoms with Crippen LogP contribution in [0.5, 0.6) is 0 Å². The molecule has 2 heterocycles. The van der Waals surface area contributed by atoms with Gasteiger partial charge in [0.1, 0.15) is 22.8 Å². The number of hydrogen-bond acceptors (Lipinski definition) is 5. The quantitative estimate of drug-likeness (QED) is 0.791. The second kappa shape index (κ2) is 3.93. The summed E-state index contributed by atoms with van der Waals surface area (Å²) < 4.78 is 0. The molecule has 2 aromatic heterocycles. The van der Waals surface area contributed by atoms with Crippen LogP contribution in [0.3, 0.4) is 0 Å². The minimum atomic E-state index is 0.460. The van der Waals surface area contributed by atoms with Gasteiger partial charge in [-0.2, -0.15) is 5.10 Å². The average Bonchev–Trinajstić information content (AvgIpc) is 2.66. The number of rotatable bonds is 2. The first-order valence-electron chi connectivity index (χ1n) is 3.77. The highest BCUT2D eigenvalue weighted by molar-refractivity contribution is 7.99. The summed E-state index contributed by atoms with van der Waals surface area (Å²) in [6, 6.07) is 0. The predicted octanol–water partition coefficient (Wildman–Crippen LogP) is 1.71. The number of aromatic amines is 1. The Hall–Kier alpha value is -1.14. The summed E-state index contributed by atoms with van der Waals surface area (Å²) in [6.45, 7) is 1.86. The number of hydrogen-bond donors (Lipinski definition) is 1. The lowest BCUT2D eigenvalue weighted by Gasteiger charge is -2.01. The van der Waals surface area contributed by atoms with Gasteiger partial charge in [0.25, 0.3) is 0 Å². The third-order valence-corrected chi connectivity index (χ3v) is 2.94. The standard InChI is InChI=1S/C7H6ClN5S/c1-4-5(8)9-2-10-6(4)14-7-11-3-12-13-7/h2-3H,1H3,(H,11,12,13). The Morgan fingerprint density at radius 2 is 2.14 bits per heavy atom. The van der Waals surface area contributed by atoms with Gasteiger partial charge in [-0.15, -0.1) is 0 Å². The zero-order valence-corrected chi connectivity index (χ0v) is 8.80. The second-order valence-corrected chi connectivity index (χ2v) is 3.82. The van der Waals surface area contributed by atoms with Crippen molar-refractivity contribution in [2.24, 2.45) is 0 Å². The molecule has 0 aliphatic carbocycles. The number of nitrogens with zero attached hydrogens (tertiary/aromatic N) is 4. The summed E-state index contributed by atoms with van der Waals surface area (Å²) in [5.41, 5.74) is 0.843. The molecule has 0 amide bonds. The zero-order chi connectivity index (χ0) is 9.97. The van der Waals surface area contributed by atoms with Gasteiger partial charge < -0.3 is 0 Å². The van der Waals surface area contributed by atoms with Crippen LogP contribution >= 0.6 is 23.4 Å².